The molecule has 116 valence electrons. The fourth-order valence-corrected chi connectivity index (χ4v) is 3.91. The molecular formula is C15H28N2O2S. The van der Waals surface area contributed by atoms with Crippen LogP contribution in [0.15, 0.2) is 12.7 Å². The highest BCUT2D eigenvalue weighted by atomic mass is 32.2. The summed E-state index contributed by atoms with van der Waals surface area (Å²) in [5.41, 5.74) is 0. The summed E-state index contributed by atoms with van der Waals surface area (Å²) in [6, 6.07) is 0.229. The van der Waals surface area contributed by atoms with Gasteiger partial charge in [0.25, 0.3) is 0 Å². The van der Waals surface area contributed by atoms with E-state index < -0.39 is 6.09 Å². The summed E-state index contributed by atoms with van der Waals surface area (Å²) in [5.74, 6) is 3.15. The number of rotatable bonds is 8. The fraction of sp³-hybridized carbons (Fsp3) is 0.800. The Labute approximate surface area is 127 Å². The SMILES string of the molecule is C=CCN(C)CCSCC1CCC(N(C)C(=O)O)CC1. The molecule has 0 aromatic heterocycles. The van der Waals surface area contributed by atoms with Crippen LogP contribution in [0.1, 0.15) is 25.7 Å². The molecule has 0 heterocycles. The summed E-state index contributed by atoms with van der Waals surface area (Å²) in [6.45, 7) is 5.80. The predicted molar refractivity (Wildman–Crippen MR) is 86.6 cm³/mol. The van der Waals surface area contributed by atoms with Crippen molar-refractivity contribution < 1.29 is 9.90 Å². The van der Waals surface area contributed by atoms with Gasteiger partial charge in [-0.05, 0) is 44.4 Å². The Balaban J connectivity index is 2.10. The minimum atomic E-state index is -0.798. The molecule has 1 saturated carbocycles. The molecule has 0 spiro atoms. The van der Waals surface area contributed by atoms with E-state index in [-0.39, 0.29) is 6.04 Å². The molecule has 0 unspecified atom stereocenters. The number of thioether (sulfide) groups is 1. The second-order valence-corrected chi connectivity index (χ2v) is 6.84. The minimum absolute atomic E-state index is 0.229. The molecule has 0 bridgehead atoms. The molecule has 1 N–H and O–H groups in total. The normalized spacial score (nSPS) is 22.8. The predicted octanol–water partition coefficient (Wildman–Crippen LogP) is 3.01. The molecular weight excluding hydrogens is 272 g/mol. The van der Waals surface area contributed by atoms with Crippen molar-refractivity contribution in [2.24, 2.45) is 5.92 Å². The van der Waals surface area contributed by atoms with Crippen LogP contribution in [0, 0.1) is 5.92 Å². The molecule has 4 nitrogen and oxygen atoms in total. The van der Waals surface area contributed by atoms with Gasteiger partial charge in [-0.25, -0.2) is 4.79 Å². The van der Waals surface area contributed by atoms with E-state index in [0.717, 1.165) is 44.7 Å². The van der Waals surface area contributed by atoms with Crippen molar-refractivity contribution in [2.45, 2.75) is 31.7 Å². The van der Waals surface area contributed by atoms with Crippen LogP contribution in [0.3, 0.4) is 0 Å². The first kappa shape index (κ1) is 17.4. The van der Waals surface area contributed by atoms with Crippen molar-refractivity contribution in [1.82, 2.24) is 9.80 Å². The zero-order chi connectivity index (χ0) is 15.0. The molecule has 1 fully saturated rings. The van der Waals surface area contributed by atoms with Crippen LogP contribution in [-0.2, 0) is 0 Å². The van der Waals surface area contributed by atoms with Gasteiger partial charge in [0, 0.05) is 31.9 Å². The molecule has 20 heavy (non-hydrogen) atoms. The second kappa shape index (κ2) is 9.29. The molecule has 0 aromatic rings. The Hall–Kier alpha value is -0.680. The van der Waals surface area contributed by atoms with Crippen LogP contribution in [0.25, 0.3) is 0 Å². The number of carboxylic acid groups (broad SMARTS) is 1. The Kier molecular flexibility index (Phi) is 8.07. The fourth-order valence-electron chi connectivity index (χ4n) is 2.64. The Morgan fingerprint density at radius 1 is 1.35 bits per heavy atom. The number of nitrogens with zero attached hydrogens (tertiary/aromatic N) is 2. The summed E-state index contributed by atoms with van der Waals surface area (Å²) < 4.78 is 0. The van der Waals surface area contributed by atoms with Gasteiger partial charge in [-0.15, -0.1) is 6.58 Å². The first-order valence-electron chi connectivity index (χ1n) is 7.37. The second-order valence-electron chi connectivity index (χ2n) is 5.69. The summed E-state index contributed by atoms with van der Waals surface area (Å²) in [5, 5.41) is 8.98. The lowest BCUT2D eigenvalue weighted by Gasteiger charge is -2.33. The Morgan fingerprint density at radius 3 is 2.55 bits per heavy atom. The van der Waals surface area contributed by atoms with Gasteiger partial charge in [0.2, 0.25) is 0 Å². The summed E-state index contributed by atoms with van der Waals surface area (Å²) in [4.78, 5) is 14.7. The monoisotopic (exact) mass is 300 g/mol. The van der Waals surface area contributed by atoms with E-state index in [4.69, 9.17) is 5.11 Å². The third-order valence-corrected chi connectivity index (χ3v) is 5.26. The van der Waals surface area contributed by atoms with Crippen molar-refractivity contribution in [2.75, 3.05) is 38.7 Å². The van der Waals surface area contributed by atoms with Gasteiger partial charge in [0.15, 0.2) is 0 Å². The first-order valence-corrected chi connectivity index (χ1v) is 8.53. The highest BCUT2D eigenvalue weighted by Gasteiger charge is 2.26. The van der Waals surface area contributed by atoms with Crippen molar-refractivity contribution in [3.63, 3.8) is 0 Å². The van der Waals surface area contributed by atoms with Crippen LogP contribution < -0.4 is 0 Å². The molecule has 0 atom stereocenters. The lowest BCUT2D eigenvalue weighted by atomic mass is 9.87. The topological polar surface area (TPSA) is 43.8 Å². The van der Waals surface area contributed by atoms with Crippen LogP contribution in [-0.4, -0.2) is 65.7 Å². The van der Waals surface area contributed by atoms with Gasteiger partial charge in [0.1, 0.15) is 0 Å². The number of hydrogen-bond acceptors (Lipinski definition) is 3. The molecule has 0 saturated heterocycles. The summed E-state index contributed by atoms with van der Waals surface area (Å²) in [7, 11) is 3.81. The van der Waals surface area contributed by atoms with Gasteiger partial charge in [-0.1, -0.05) is 6.08 Å². The van der Waals surface area contributed by atoms with Crippen LogP contribution >= 0.6 is 11.8 Å². The van der Waals surface area contributed by atoms with Gasteiger partial charge in [0.05, 0.1) is 0 Å². The van der Waals surface area contributed by atoms with E-state index in [1.807, 2.05) is 17.8 Å². The maximum absolute atomic E-state index is 10.9. The van der Waals surface area contributed by atoms with Gasteiger partial charge in [-0.2, -0.15) is 11.8 Å². The third kappa shape index (κ3) is 6.18. The summed E-state index contributed by atoms with van der Waals surface area (Å²) >= 11 is 2.02. The molecule has 0 radical (unpaired) electrons. The van der Waals surface area contributed by atoms with Crippen LogP contribution in [0.5, 0.6) is 0 Å². The van der Waals surface area contributed by atoms with Crippen molar-refractivity contribution >= 4 is 17.9 Å². The molecule has 1 amide bonds. The minimum Gasteiger partial charge on any atom is -0.465 e. The zero-order valence-corrected chi connectivity index (χ0v) is 13.6. The van der Waals surface area contributed by atoms with E-state index in [0.29, 0.717) is 0 Å². The first-order chi connectivity index (χ1) is 9.54. The standard InChI is InChI=1S/C15H28N2O2S/c1-4-9-16(2)10-11-20-12-13-5-7-14(8-6-13)17(3)15(18)19/h4,13-14H,1,5-12H2,2-3H3,(H,18,19). The van der Waals surface area contributed by atoms with Gasteiger partial charge in [-0.3, -0.25) is 0 Å². The van der Waals surface area contributed by atoms with Crippen LogP contribution in [0.2, 0.25) is 0 Å². The van der Waals surface area contributed by atoms with E-state index in [1.165, 1.54) is 16.4 Å². The quantitative estimate of drug-likeness (QED) is 0.553. The van der Waals surface area contributed by atoms with Crippen molar-refractivity contribution in [3.05, 3.63) is 12.7 Å². The molecule has 1 aliphatic rings. The lowest BCUT2D eigenvalue weighted by Crippen LogP contribution is -2.38. The largest absolute Gasteiger partial charge is 0.465 e. The van der Waals surface area contributed by atoms with Gasteiger partial charge < -0.3 is 14.9 Å². The molecule has 5 heteroatoms. The molecule has 0 aliphatic heterocycles. The highest BCUT2D eigenvalue weighted by Crippen LogP contribution is 2.29. The van der Waals surface area contributed by atoms with Gasteiger partial charge >= 0.3 is 6.09 Å². The summed E-state index contributed by atoms with van der Waals surface area (Å²) in [6.07, 6.45) is 5.50. The molecule has 1 aliphatic carbocycles. The highest BCUT2D eigenvalue weighted by molar-refractivity contribution is 7.99. The molecule has 1 rings (SSSR count). The van der Waals surface area contributed by atoms with Crippen LogP contribution in [0.4, 0.5) is 4.79 Å². The number of hydrogen-bond donors (Lipinski definition) is 1. The lowest BCUT2D eigenvalue weighted by molar-refractivity contribution is 0.121. The Bertz CT molecular complexity index is 304. The average molecular weight is 300 g/mol. The smallest absolute Gasteiger partial charge is 0.407 e. The third-order valence-electron chi connectivity index (χ3n) is 4.08. The zero-order valence-electron chi connectivity index (χ0n) is 12.8. The van der Waals surface area contributed by atoms with E-state index in [2.05, 4.69) is 18.5 Å². The number of carbonyl (C=O) groups is 1. The van der Waals surface area contributed by atoms with E-state index in [9.17, 15) is 4.79 Å². The van der Waals surface area contributed by atoms with E-state index in [1.54, 1.807) is 7.05 Å². The molecule has 0 aromatic carbocycles. The maximum Gasteiger partial charge on any atom is 0.407 e. The van der Waals surface area contributed by atoms with E-state index >= 15 is 0 Å². The maximum atomic E-state index is 10.9. The average Bonchev–Trinajstić information content (AvgIpc) is 2.43. The number of likely N-dealkylation sites (N-methyl/N-ethyl adjacent to an activating group) is 1. The Morgan fingerprint density at radius 2 is 2.00 bits per heavy atom. The van der Waals surface area contributed by atoms with Crippen molar-refractivity contribution in [1.29, 1.82) is 0 Å². The van der Waals surface area contributed by atoms with Crippen molar-refractivity contribution in [3.8, 4) is 0 Å². The number of amides is 1.